The Morgan fingerprint density at radius 3 is 1.31 bits per heavy atom. The number of rotatable bonds is 1. The molecule has 0 radical (unpaired) electrons. The third kappa shape index (κ3) is 2.96. The Kier molecular flexibility index (Phi) is 6.41. The van der Waals surface area contributed by atoms with Crippen molar-refractivity contribution >= 4 is 113 Å². The first kappa shape index (κ1) is 13.9. The van der Waals surface area contributed by atoms with Crippen molar-refractivity contribution in [2.24, 2.45) is 0 Å². The van der Waals surface area contributed by atoms with Crippen molar-refractivity contribution in [2.75, 3.05) is 0 Å². The molecule has 0 aliphatic carbocycles. The van der Waals surface area contributed by atoms with Crippen LogP contribution in [0.3, 0.4) is 0 Å². The van der Waals surface area contributed by atoms with E-state index in [1.807, 2.05) is 0 Å². The van der Waals surface area contributed by atoms with Crippen LogP contribution in [0, 0.1) is 17.9 Å². The van der Waals surface area contributed by atoms with E-state index in [1.54, 1.807) is 0 Å². The molecule has 0 N–H and O–H groups in total. The van der Waals surface area contributed by atoms with Crippen LogP contribution in [0.4, 0.5) is 0 Å². The van der Waals surface area contributed by atoms with Gasteiger partial charge in [0.2, 0.25) is 0 Å². The summed E-state index contributed by atoms with van der Waals surface area (Å²) in [6, 6.07) is 0. The SMILES string of the molecule is CCc1c(I)c(I)c(I)c(I)c1I. The van der Waals surface area contributed by atoms with Crippen LogP contribution in [0.1, 0.15) is 12.5 Å². The third-order valence-electron chi connectivity index (χ3n) is 1.65. The Morgan fingerprint density at radius 2 is 1.00 bits per heavy atom. The summed E-state index contributed by atoms with van der Waals surface area (Å²) < 4.78 is 7.05. The van der Waals surface area contributed by atoms with Crippen LogP contribution in [-0.2, 0) is 6.42 Å². The maximum atomic E-state index is 2.45. The molecule has 0 bridgehead atoms. The Bertz CT molecular complexity index is 316. The van der Waals surface area contributed by atoms with Gasteiger partial charge in [-0.2, -0.15) is 0 Å². The van der Waals surface area contributed by atoms with Crippen LogP contribution in [-0.4, -0.2) is 0 Å². The smallest absolute Gasteiger partial charge is 0.0419 e. The lowest BCUT2D eigenvalue weighted by Gasteiger charge is -2.11. The summed E-state index contributed by atoms with van der Waals surface area (Å²) in [5.41, 5.74) is 1.50. The number of hydrogen-bond donors (Lipinski definition) is 0. The molecular formula is C8H5I5. The molecule has 0 aliphatic heterocycles. The molecule has 0 saturated carbocycles. The summed E-state index contributed by atoms with van der Waals surface area (Å²) in [5.74, 6) is 0. The minimum atomic E-state index is 1.12. The summed E-state index contributed by atoms with van der Waals surface area (Å²) in [5, 5.41) is 0. The topological polar surface area (TPSA) is 0 Å². The molecule has 0 heterocycles. The van der Waals surface area contributed by atoms with Gasteiger partial charge in [-0.05, 0) is 125 Å². The minimum Gasteiger partial charge on any atom is -0.0612 e. The van der Waals surface area contributed by atoms with Crippen molar-refractivity contribution in [1.82, 2.24) is 0 Å². The van der Waals surface area contributed by atoms with Gasteiger partial charge in [-0.3, -0.25) is 0 Å². The standard InChI is InChI=1S/C8H5I5/c1-2-3-4(9)6(11)8(13)7(12)5(3)10/h2H2,1H3. The van der Waals surface area contributed by atoms with Gasteiger partial charge >= 0.3 is 0 Å². The van der Waals surface area contributed by atoms with Crippen molar-refractivity contribution in [2.45, 2.75) is 13.3 Å². The number of halogens is 5. The molecule has 0 aliphatic rings. The van der Waals surface area contributed by atoms with Crippen LogP contribution in [0.5, 0.6) is 0 Å². The zero-order valence-electron chi connectivity index (χ0n) is 6.60. The first-order valence-electron chi connectivity index (χ1n) is 3.51. The van der Waals surface area contributed by atoms with Crippen LogP contribution in [0.25, 0.3) is 0 Å². The third-order valence-corrected chi connectivity index (χ3v) is 11.4. The van der Waals surface area contributed by atoms with Gasteiger partial charge in [0.05, 0.1) is 0 Å². The summed E-state index contributed by atoms with van der Waals surface area (Å²) >= 11 is 12.2. The van der Waals surface area contributed by atoms with Crippen molar-refractivity contribution in [3.8, 4) is 0 Å². The van der Waals surface area contributed by atoms with Gasteiger partial charge in [0.15, 0.2) is 0 Å². The highest BCUT2D eigenvalue weighted by atomic mass is 127. The summed E-state index contributed by atoms with van der Waals surface area (Å²) in [6.45, 7) is 2.22. The van der Waals surface area contributed by atoms with E-state index in [-0.39, 0.29) is 0 Å². The highest BCUT2D eigenvalue weighted by Crippen LogP contribution is 2.33. The normalized spacial score (nSPS) is 10.6. The van der Waals surface area contributed by atoms with Crippen LogP contribution in [0.2, 0.25) is 0 Å². The molecule has 1 aromatic rings. The quantitative estimate of drug-likeness (QED) is 0.210. The second kappa shape index (κ2) is 5.98. The van der Waals surface area contributed by atoms with Crippen molar-refractivity contribution in [1.29, 1.82) is 0 Å². The van der Waals surface area contributed by atoms with E-state index in [2.05, 4.69) is 120 Å². The van der Waals surface area contributed by atoms with Gasteiger partial charge in [0.25, 0.3) is 0 Å². The predicted molar refractivity (Wildman–Crippen MR) is 99.4 cm³/mol. The lowest BCUT2D eigenvalue weighted by Crippen LogP contribution is -2.01. The molecule has 0 spiro atoms. The van der Waals surface area contributed by atoms with E-state index >= 15 is 0 Å². The van der Waals surface area contributed by atoms with E-state index in [0.717, 1.165) is 6.42 Å². The predicted octanol–water partition coefficient (Wildman–Crippen LogP) is 5.27. The van der Waals surface area contributed by atoms with E-state index in [4.69, 9.17) is 0 Å². The molecule has 0 unspecified atom stereocenters. The first-order chi connectivity index (χ1) is 6.00. The number of hydrogen-bond acceptors (Lipinski definition) is 0. The van der Waals surface area contributed by atoms with Crippen molar-refractivity contribution in [3.63, 3.8) is 0 Å². The molecule has 72 valence electrons. The zero-order valence-corrected chi connectivity index (χ0v) is 17.4. The fourth-order valence-electron chi connectivity index (χ4n) is 0.961. The van der Waals surface area contributed by atoms with Gasteiger partial charge in [-0.25, -0.2) is 0 Å². The first-order valence-corrected chi connectivity index (χ1v) is 8.90. The van der Waals surface area contributed by atoms with Crippen molar-refractivity contribution < 1.29 is 0 Å². The summed E-state index contributed by atoms with van der Waals surface area (Å²) in [4.78, 5) is 0. The molecule has 1 aromatic carbocycles. The van der Waals surface area contributed by atoms with E-state index in [0.29, 0.717) is 0 Å². The van der Waals surface area contributed by atoms with Gasteiger partial charge in [-0.1, -0.05) is 6.92 Å². The number of benzene rings is 1. The Hall–Kier alpha value is 2.87. The lowest BCUT2D eigenvalue weighted by molar-refractivity contribution is 1.09. The maximum absolute atomic E-state index is 2.45. The Morgan fingerprint density at radius 1 is 0.692 bits per heavy atom. The van der Waals surface area contributed by atoms with E-state index < -0.39 is 0 Å². The van der Waals surface area contributed by atoms with E-state index in [9.17, 15) is 0 Å². The summed E-state index contributed by atoms with van der Waals surface area (Å²) in [7, 11) is 0. The second-order valence-electron chi connectivity index (χ2n) is 2.40. The molecule has 0 atom stereocenters. The van der Waals surface area contributed by atoms with Crippen LogP contribution >= 0.6 is 113 Å². The highest BCUT2D eigenvalue weighted by molar-refractivity contribution is 14.1. The molecule has 0 aromatic heterocycles. The molecular weight excluding hydrogens is 731 g/mol. The van der Waals surface area contributed by atoms with Crippen LogP contribution < -0.4 is 0 Å². The van der Waals surface area contributed by atoms with Crippen molar-refractivity contribution in [3.05, 3.63) is 23.4 Å². The van der Waals surface area contributed by atoms with Gasteiger partial charge in [0.1, 0.15) is 0 Å². The van der Waals surface area contributed by atoms with Gasteiger partial charge < -0.3 is 0 Å². The average Bonchev–Trinajstić information content (AvgIpc) is 2.13. The van der Waals surface area contributed by atoms with E-state index in [1.165, 1.54) is 23.4 Å². The largest absolute Gasteiger partial charge is 0.0612 e. The minimum absolute atomic E-state index is 1.12. The molecule has 5 heteroatoms. The molecule has 1 rings (SSSR count). The Labute approximate surface area is 146 Å². The van der Waals surface area contributed by atoms with Gasteiger partial charge in [0, 0.05) is 17.9 Å². The monoisotopic (exact) mass is 736 g/mol. The fraction of sp³-hybridized carbons (Fsp3) is 0.250. The highest BCUT2D eigenvalue weighted by Gasteiger charge is 2.15. The fourth-order valence-corrected chi connectivity index (χ4v) is 6.60. The summed E-state index contributed by atoms with van der Waals surface area (Å²) in [6.07, 6.45) is 1.12. The zero-order chi connectivity index (χ0) is 10.2. The second-order valence-corrected chi connectivity index (χ2v) is 7.80. The molecule has 13 heavy (non-hydrogen) atoms. The van der Waals surface area contributed by atoms with Gasteiger partial charge in [-0.15, -0.1) is 0 Å². The molecule has 0 saturated heterocycles. The lowest BCUT2D eigenvalue weighted by atomic mass is 10.2. The maximum Gasteiger partial charge on any atom is 0.0419 e. The Balaban J connectivity index is 3.56. The molecule has 0 nitrogen and oxygen atoms in total. The molecule has 0 amide bonds. The molecule has 0 fully saturated rings. The van der Waals surface area contributed by atoms with Crippen LogP contribution in [0.15, 0.2) is 0 Å². The average molecular weight is 736 g/mol.